The maximum absolute atomic E-state index is 5.59. The van der Waals surface area contributed by atoms with Crippen molar-refractivity contribution in [3.8, 4) is 56.0 Å². The van der Waals surface area contributed by atoms with Crippen LogP contribution >= 0.6 is 0 Å². The molecular formula is C58H38N4. The summed E-state index contributed by atoms with van der Waals surface area (Å²) in [6.45, 7) is 0.813. The van der Waals surface area contributed by atoms with Crippen molar-refractivity contribution in [2.45, 2.75) is 0 Å². The Balaban J connectivity index is 1.18. The highest BCUT2D eigenvalue weighted by Crippen LogP contribution is 2.44. The van der Waals surface area contributed by atoms with Gasteiger partial charge in [0.05, 0.1) is 11.2 Å². The molecule has 0 radical (unpaired) electrons. The lowest BCUT2D eigenvalue weighted by molar-refractivity contribution is 0.976. The standard InChI is InChI=1S/C58H38N4/c1-3-11-46-43(9-1)33-52(50-15-7-5-13-48(46)50)45-35-54(53-34-44-10-2-4-12-47(44)49-14-6-8-16-51(49)53)57-55(36-45)56(41-21-17-37(18-22-41)39-25-29-59-30-26-39)61-58(62-57)42-23-19-38(20-24-42)40-27-31-60-32-28-40/h1-31,33-36,60H,32H2. The molecule has 1 aliphatic rings. The van der Waals surface area contributed by atoms with Gasteiger partial charge in [0.2, 0.25) is 0 Å². The molecule has 2 aromatic heterocycles. The monoisotopic (exact) mass is 790 g/mol. The molecule has 0 bridgehead atoms. The van der Waals surface area contributed by atoms with Gasteiger partial charge in [-0.3, -0.25) is 4.98 Å². The van der Waals surface area contributed by atoms with E-state index in [2.05, 4.69) is 192 Å². The Labute approximate surface area is 359 Å². The van der Waals surface area contributed by atoms with Gasteiger partial charge in [0.25, 0.3) is 0 Å². The molecule has 0 fully saturated rings. The summed E-state index contributed by atoms with van der Waals surface area (Å²) in [7, 11) is 0. The summed E-state index contributed by atoms with van der Waals surface area (Å²) in [5.41, 5.74) is 12.9. The maximum atomic E-state index is 5.59. The van der Waals surface area contributed by atoms with Gasteiger partial charge in [-0.25, -0.2) is 9.97 Å². The van der Waals surface area contributed by atoms with E-state index in [0.29, 0.717) is 5.82 Å². The van der Waals surface area contributed by atoms with Crippen LogP contribution in [0.15, 0.2) is 213 Å². The van der Waals surface area contributed by atoms with E-state index in [4.69, 9.17) is 9.97 Å². The van der Waals surface area contributed by atoms with E-state index in [1.165, 1.54) is 54.2 Å². The molecule has 0 saturated carbocycles. The minimum absolute atomic E-state index is 0.683. The third kappa shape index (κ3) is 6.12. The third-order valence-corrected chi connectivity index (χ3v) is 12.4. The van der Waals surface area contributed by atoms with Crippen LogP contribution in [0.25, 0.3) is 116 Å². The van der Waals surface area contributed by atoms with Crippen LogP contribution in [0.5, 0.6) is 0 Å². The number of dihydropyridines is 1. The minimum atomic E-state index is 0.683. The first kappa shape index (κ1) is 35.7. The molecule has 0 amide bonds. The van der Waals surface area contributed by atoms with Gasteiger partial charge in [0, 0.05) is 41.0 Å². The topological polar surface area (TPSA) is 50.7 Å². The molecule has 0 spiro atoms. The molecule has 1 N–H and O–H groups in total. The number of allylic oxidation sites excluding steroid dienone is 2. The van der Waals surface area contributed by atoms with E-state index in [0.717, 1.165) is 67.6 Å². The highest BCUT2D eigenvalue weighted by atomic mass is 14.9. The average molecular weight is 791 g/mol. The number of hydrogen-bond donors (Lipinski definition) is 1. The van der Waals surface area contributed by atoms with E-state index >= 15 is 0 Å². The Morgan fingerprint density at radius 1 is 0.387 bits per heavy atom. The predicted octanol–water partition coefficient (Wildman–Crippen LogP) is 14.5. The van der Waals surface area contributed by atoms with Crippen molar-refractivity contribution in [2.75, 3.05) is 6.54 Å². The van der Waals surface area contributed by atoms with Crippen LogP contribution in [0.4, 0.5) is 0 Å². The smallest absolute Gasteiger partial charge is 0.160 e. The lowest BCUT2D eigenvalue weighted by Crippen LogP contribution is -2.08. The zero-order valence-corrected chi connectivity index (χ0v) is 33.8. The van der Waals surface area contributed by atoms with Gasteiger partial charge in [-0.2, -0.15) is 0 Å². The van der Waals surface area contributed by atoms with Crippen LogP contribution in [0.1, 0.15) is 5.56 Å². The number of rotatable bonds is 6. The highest BCUT2D eigenvalue weighted by molar-refractivity contribution is 6.19. The molecule has 0 aliphatic carbocycles. The zero-order valence-electron chi connectivity index (χ0n) is 33.8. The molecule has 290 valence electrons. The van der Waals surface area contributed by atoms with Crippen LogP contribution in [0.2, 0.25) is 0 Å². The SMILES string of the molecule is C1=CC(c2ccc(-c3nc(-c4ccc(-c5ccncc5)cc4)c4cc(-c5cc6ccccc6c6ccccc56)cc(-c5cc6ccccc6c6ccccc56)c4n3)cc2)=CCN1. The van der Waals surface area contributed by atoms with Gasteiger partial charge in [0.15, 0.2) is 5.82 Å². The zero-order chi connectivity index (χ0) is 41.0. The number of aromatic nitrogens is 3. The van der Waals surface area contributed by atoms with Crippen LogP contribution in [0.3, 0.4) is 0 Å². The van der Waals surface area contributed by atoms with E-state index in [-0.39, 0.29) is 0 Å². The Hall–Kier alpha value is -8.21. The number of benzene rings is 9. The second-order valence-electron chi connectivity index (χ2n) is 16.0. The van der Waals surface area contributed by atoms with Crippen LogP contribution in [-0.2, 0) is 0 Å². The minimum Gasteiger partial charge on any atom is -0.387 e. The largest absolute Gasteiger partial charge is 0.387 e. The summed E-state index contributed by atoms with van der Waals surface area (Å²) in [5.74, 6) is 0.683. The van der Waals surface area contributed by atoms with Gasteiger partial charge in [-0.05, 0) is 131 Å². The van der Waals surface area contributed by atoms with Crippen molar-refractivity contribution in [1.29, 1.82) is 0 Å². The van der Waals surface area contributed by atoms with Crippen LogP contribution < -0.4 is 5.32 Å². The fourth-order valence-corrected chi connectivity index (χ4v) is 9.36. The molecular weight excluding hydrogens is 753 g/mol. The molecule has 0 atom stereocenters. The van der Waals surface area contributed by atoms with Gasteiger partial charge < -0.3 is 5.32 Å². The molecule has 9 aromatic carbocycles. The van der Waals surface area contributed by atoms with Crippen molar-refractivity contribution in [3.05, 3.63) is 218 Å². The second-order valence-corrected chi connectivity index (χ2v) is 16.0. The molecule has 4 heteroatoms. The van der Waals surface area contributed by atoms with Crippen molar-refractivity contribution in [3.63, 3.8) is 0 Å². The summed E-state index contributed by atoms with van der Waals surface area (Å²) in [4.78, 5) is 15.4. The number of nitrogens with one attached hydrogen (secondary N) is 1. The maximum Gasteiger partial charge on any atom is 0.160 e. The Morgan fingerprint density at radius 3 is 1.60 bits per heavy atom. The van der Waals surface area contributed by atoms with Gasteiger partial charge in [-0.15, -0.1) is 0 Å². The Kier molecular flexibility index (Phi) is 8.53. The Bertz CT molecular complexity index is 3610. The van der Waals surface area contributed by atoms with Gasteiger partial charge in [0.1, 0.15) is 0 Å². The fraction of sp³-hybridized carbons (Fsp3) is 0.0172. The first-order valence-corrected chi connectivity index (χ1v) is 21.1. The van der Waals surface area contributed by atoms with Crippen LogP contribution in [-0.4, -0.2) is 21.5 Å². The van der Waals surface area contributed by atoms with Gasteiger partial charge >= 0.3 is 0 Å². The molecule has 0 unspecified atom stereocenters. The van der Waals surface area contributed by atoms with E-state index < -0.39 is 0 Å². The fourth-order valence-electron chi connectivity index (χ4n) is 9.36. The summed E-state index contributed by atoms with van der Waals surface area (Å²) >= 11 is 0. The third-order valence-electron chi connectivity index (χ3n) is 12.4. The molecule has 12 rings (SSSR count). The lowest BCUT2D eigenvalue weighted by Gasteiger charge is -2.19. The summed E-state index contributed by atoms with van der Waals surface area (Å²) in [6, 6.07) is 65.9. The highest BCUT2D eigenvalue weighted by Gasteiger charge is 2.21. The average Bonchev–Trinajstić information content (AvgIpc) is 3.36. The Morgan fingerprint density at radius 2 is 0.935 bits per heavy atom. The van der Waals surface area contributed by atoms with Gasteiger partial charge in [-0.1, -0.05) is 152 Å². The second kappa shape index (κ2) is 14.8. The molecule has 1 aliphatic heterocycles. The first-order valence-electron chi connectivity index (χ1n) is 21.1. The van der Waals surface area contributed by atoms with E-state index in [1.54, 1.807) is 0 Å². The first-order chi connectivity index (χ1) is 30.7. The number of hydrogen-bond acceptors (Lipinski definition) is 4. The lowest BCUT2D eigenvalue weighted by atomic mass is 9.87. The van der Waals surface area contributed by atoms with Crippen molar-refractivity contribution < 1.29 is 0 Å². The molecule has 3 heterocycles. The molecule has 4 nitrogen and oxygen atoms in total. The molecule has 62 heavy (non-hydrogen) atoms. The van der Waals surface area contributed by atoms with E-state index in [1.807, 2.05) is 30.7 Å². The molecule has 0 saturated heterocycles. The predicted molar refractivity (Wildman–Crippen MR) is 260 cm³/mol. The molecule has 11 aromatic rings. The van der Waals surface area contributed by atoms with Crippen molar-refractivity contribution in [2.24, 2.45) is 0 Å². The summed E-state index contributed by atoms with van der Waals surface area (Å²) in [6.07, 6.45) is 10.0. The quantitative estimate of drug-likeness (QED) is 0.170. The number of fused-ring (bicyclic) bond motifs is 7. The number of nitrogens with zero attached hydrogens (tertiary/aromatic N) is 3. The number of pyridine rings is 1. The van der Waals surface area contributed by atoms with Crippen molar-refractivity contribution >= 4 is 59.6 Å². The van der Waals surface area contributed by atoms with Crippen LogP contribution in [0, 0.1) is 0 Å². The summed E-state index contributed by atoms with van der Waals surface area (Å²) < 4.78 is 0. The normalized spacial score (nSPS) is 12.6. The van der Waals surface area contributed by atoms with E-state index in [9.17, 15) is 0 Å². The van der Waals surface area contributed by atoms with Crippen molar-refractivity contribution in [1.82, 2.24) is 20.3 Å². The summed E-state index contributed by atoms with van der Waals surface area (Å²) in [5, 5.41) is 14.0.